The molecule has 8 heteroatoms. The van der Waals surface area contributed by atoms with E-state index in [4.69, 9.17) is 9.47 Å². The molecule has 0 aromatic rings. The van der Waals surface area contributed by atoms with E-state index in [2.05, 4.69) is 4.90 Å². The van der Waals surface area contributed by atoms with Crippen molar-refractivity contribution in [2.45, 2.75) is 38.9 Å². The van der Waals surface area contributed by atoms with Gasteiger partial charge in [-0.05, 0) is 20.8 Å². The molecule has 0 N–H and O–H groups in total. The molecule has 1 atom stereocenters. The van der Waals surface area contributed by atoms with E-state index in [1.807, 2.05) is 26.8 Å². The lowest BCUT2D eigenvalue weighted by atomic mass is 9.99. The van der Waals surface area contributed by atoms with Crippen molar-refractivity contribution in [3.8, 4) is 0 Å². The van der Waals surface area contributed by atoms with Crippen LogP contribution in [0.5, 0.6) is 0 Å². The van der Waals surface area contributed by atoms with Crippen molar-refractivity contribution < 1.29 is 19.2 Å². The Balaban J connectivity index is 1.86. The van der Waals surface area contributed by atoms with Crippen molar-refractivity contribution >= 4 is 6.09 Å². The summed E-state index contributed by atoms with van der Waals surface area (Å²) in [7, 11) is 1.49. The lowest BCUT2D eigenvalue weighted by Crippen LogP contribution is -2.50. The normalized spacial score (nSPS) is 22.2. The van der Waals surface area contributed by atoms with E-state index in [0.29, 0.717) is 19.5 Å². The second-order valence-electron chi connectivity index (χ2n) is 7.35. The minimum absolute atomic E-state index is 0.0981. The lowest BCUT2D eigenvalue weighted by molar-refractivity contribution is -0.436. The van der Waals surface area contributed by atoms with Crippen LogP contribution in [0.1, 0.15) is 27.2 Å². The molecule has 140 valence electrons. The first-order chi connectivity index (χ1) is 11.7. The third-order valence-corrected chi connectivity index (χ3v) is 4.21. The van der Waals surface area contributed by atoms with Crippen LogP contribution in [0.25, 0.3) is 0 Å². The number of rotatable bonds is 4. The average Bonchev–Trinajstić information content (AvgIpc) is 2.53. The maximum atomic E-state index is 12.1. The molecule has 0 saturated carbocycles. The predicted octanol–water partition coefficient (Wildman–Crippen LogP) is 2.04. The van der Waals surface area contributed by atoms with E-state index in [1.54, 1.807) is 4.90 Å². The fraction of sp³-hybridized carbons (Fsp3) is 0.706. The number of piperazine rings is 1. The standard InChI is InChI=1S/C17H27N3O5/c1-17(2,3)25-16(21)19-9-7-18(8-10-19)12-13-5-6-14(20(22)23)15(11-13)24-4/h5-6,15H,7-12H2,1-4H3. The molecule has 25 heavy (non-hydrogen) atoms. The van der Waals surface area contributed by atoms with Gasteiger partial charge < -0.3 is 14.4 Å². The minimum atomic E-state index is -0.502. The van der Waals surface area contributed by atoms with Crippen LogP contribution in [0.15, 0.2) is 23.4 Å². The topological polar surface area (TPSA) is 85.2 Å². The van der Waals surface area contributed by atoms with Gasteiger partial charge in [0, 0.05) is 52.3 Å². The summed E-state index contributed by atoms with van der Waals surface area (Å²) >= 11 is 0. The van der Waals surface area contributed by atoms with Crippen LogP contribution < -0.4 is 0 Å². The van der Waals surface area contributed by atoms with Gasteiger partial charge in [0.2, 0.25) is 0 Å². The molecule has 8 nitrogen and oxygen atoms in total. The highest BCUT2D eigenvalue weighted by Crippen LogP contribution is 2.23. The Kier molecular flexibility index (Phi) is 6.18. The highest BCUT2D eigenvalue weighted by Gasteiger charge is 2.30. The van der Waals surface area contributed by atoms with Gasteiger partial charge in [-0.3, -0.25) is 15.0 Å². The first kappa shape index (κ1) is 19.4. The summed E-state index contributed by atoms with van der Waals surface area (Å²) in [6.07, 6.45) is 3.09. The van der Waals surface area contributed by atoms with Gasteiger partial charge in [0.05, 0.1) is 4.92 Å². The molecule has 0 aromatic carbocycles. The van der Waals surface area contributed by atoms with Crippen molar-refractivity contribution in [3.05, 3.63) is 33.5 Å². The molecule has 0 bridgehead atoms. The summed E-state index contributed by atoms with van der Waals surface area (Å²) in [5.74, 6) is 0. The summed E-state index contributed by atoms with van der Waals surface area (Å²) in [5.41, 5.74) is 0.710. The molecule has 1 unspecified atom stereocenters. The van der Waals surface area contributed by atoms with Crippen LogP contribution >= 0.6 is 0 Å². The van der Waals surface area contributed by atoms with Gasteiger partial charge in [-0.25, -0.2) is 4.79 Å². The van der Waals surface area contributed by atoms with Gasteiger partial charge >= 0.3 is 6.09 Å². The Morgan fingerprint density at radius 1 is 1.28 bits per heavy atom. The fourth-order valence-corrected chi connectivity index (χ4v) is 2.92. The fourth-order valence-electron chi connectivity index (χ4n) is 2.92. The van der Waals surface area contributed by atoms with Gasteiger partial charge in [0.15, 0.2) is 6.10 Å². The first-order valence-corrected chi connectivity index (χ1v) is 8.46. The minimum Gasteiger partial charge on any atom is -0.444 e. The molecule has 0 aromatic heterocycles. The molecule has 2 aliphatic rings. The highest BCUT2D eigenvalue weighted by atomic mass is 16.6. The summed E-state index contributed by atoms with van der Waals surface area (Å²) in [5, 5.41) is 11.0. The number of hydrogen-bond donors (Lipinski definition) is 0. The van der Waals surface area contributed by atoms with E-state index in [1.165, 1.54) is 13.2 Å². The number of amides is 1. The van der Waals surface area contributed by atoms with Crippen LogP contribution in [-0.2, 0) is 9.47 Å². The van der Waals surface area contributed by atoms with Crippen molar-refractivity contribution in [3.63, 3.8) is 0 Å². The van der Waals surface area contributed by atoms with E-state index in [-0.39, 0.29) is 16.7 Å². The van der Waals surface area contributed by atoms with Crippen LogP contribution in [-0.4, -0.2) is 72.4 Å². The maximum absolute atomic E-state index is 12.1. The van der Waals surface area contributed by atoms with Gasteiger partial charge in [-0.2, -0.15) is 0 Å². The average molecular weight is 353 g/mol. The SMILES string of the molecule is COC1CC(CN2CCN(C(=O)OC(C)(C)C)CC2)=CC=C1[N+](=O)[O-]. The zero-order chi connectivity index (χ0) is 18.6. The number of carbonyl (C=O) groups is 1. The Bertz CT molecular complexity index is 571. The van der Waals surface area contributed by atoms with Crippen LogP contribution in [0, 0.1) is 10.1 Å². The van der Waals surface area contributed by atoms with Crippen molar-refractivity contribution in [1.82, 2.24) is 9.80 Å². The van der Waals surface area contributed by atoms with Crippen molar-refractivity contribution in [2.24, 2.45) is 0 Å². The maximum Gasteiger partial charge on any atom is 0.410 e. The molecular weight excluding hydrogens is 326 g/mol. The molecule has 0 spiro atoms. The monoisotopic (exact) mass is 353 g/mol. The Hall–Kier alpha value is -1.93. The van der Waals surface area contributed by atoms with Crippen molar-refractivity contribution in [1.29, 1.82) is 0 Å². The van der Waals surface area contributed by atoms with Gasteiger partial charge in [-0.15, -0.1) is 0 Å². The van der Waals surface area contributed by atoms with Crippen LogP contribution in [0.4, 0.5) is 4.79 Å². The van der Waals surface area contributed by atoms with Gasteiger partial charge in [0.25, 0.3) is 5.70 Å². The molecule has 1 aliphatic heterocycles. The molecule has 0 radical (unpaired) electrons. The third-order valence-electron chi connectivity index (χ3n) is 4.21. The number of methoxy groups -OCH3 is 1. The molecule has 1 fully saturated rings. The number of nitro groups is 1. The third kappa shape index (κ3) is 5.54. The van der Waals surface area contributed by atoms with Crippen LogP contribution in [0.3, 0.4) is 0 Å². The Morgan fingerprint density at radius 3 is 2.44 bits per heavy atom. The number of allylic oxidation sites excluding steroid dienone is 2. The predicted molar refractivity (Wildman–Crippen MR) is 92.8 cm³/mol. The van der Waals surface area contributed by atoms with E-state index >= 15 is 0 Å². The number of carbonyl (C=O) groups excluding carboxylic acids is 1. The lowest BCUT2D eigenvalue weighted by Gasteiger charge is -2.36. The van der Waals surface area contributed by atoms with E-state index in [9.17, 15) is 14.9 Å². The zero-order valence-electron chi connectivity index (χ0n) is 15.4. The summed E-state index contributed by atoms with van der Waals surface area (Å²) < 4.78 is 10.6. The van der Waals surface area contributed by atoms with Gasteiger partial charge in [-0.1, -0.05) is 11.6 Å². The Labute approximate surface area is 148 Å². The number of hydrogen-bond acceptors (Lipinski definition) is 6. The molecule has 1 saturated heterocycles. The van der Waals surface area contributed by atoms with E-state index in [0.717, 1.165) is 25.2 Å². The second-order valence-corrected chi connectivity index (χ2v) is 7.35. The molecule has 1 amide bonds. The highest BCUT2D eigenvalue weighted by molar-refractivity contribution is 5.68. The molecule has 2 rings (SSSR count). The van der Waals surface area contributed by atoms with Crippen molar-refractivity contribution in [2.75, 3.05) is 39.8 Å². The number of ether oxygens (including phenoxy) is 2. The summed E-state index contributed by atoms with van der Waals surface area (Å²) in [6, 6.07) is 0. The van der Waals surface area contributed by atoms with Gasteiger partial charge in [0.1, 0.15) is 5.60 Å². The molecule has 1 aliphatic carbocycles. The van der Waals surface area contributed by atoms with Crippen LogP contribution in [0.2, 0.25) is 0 Å². The largest absolute Gasteiger partial charge is 0.444 e. The second kappa shape index (κ2) is 7.97. The smallest absolute Gasteiger partial charge is 0.410 e. The number of nitrogens with zero attached hydrogens (tertiary/aromatic N) is 3. The molecular formula is C17H27N3O5. The summed E-state index contributed by atoms with van der Waals surface area (Å²) in [4.78, 5) is 26.6. The summed E-state index contributed by atoms with van der Waals surface area (Å²) in [6.45, 7) is 9.03. The zero-order valence-corrected chi connectivity index (χ0v) is 15.4. The van der Waals surface area contributed by atoms with E-state index < -0.39 is 11.7 Å². The Morgan fingerprint density at radius 2 is 1.92 bits per heavy atom. The molecule has 1 heterocycles. The first-order valence-electron chi connectivity index (χ1n) is 8.46. The quantitative estimate of drug-likeness (QED) is 0.568.